The number of hydrogen-bond donors (Lipinski definition) is 2. The van der Waals surface area contributed by atoms with E-state index in [1.165, 1.54) is 25.8 Å². The lowest BCUT2D eigenvalue weighted by Crippen LogP contribution is -2.50. The van der Waals surface area contributed by atoms with Crippen LogP contribution in [0.1, 0.15) is 46.5 Å². The van der Waals surface area contributed by atoms with Crippen molar-refractivity contribution in [2.75, 3.05) is 13.2 Å². The highest BCUT2D eigenvalue weighted by Crippen LogP contribution is 2.28. The fraction of sp³-hybridized carbons (Fsp3) is 1.00. The Hall–Kier alpha value is -0.120. The van der Waals surface area contributed by atoms with E-state index >= 15 is 0 Å². The molecule has 2 fully saturated rings. The first-order valence-corrected chi connectivity index (χ1v) is 6.16. The molecule has 3 heteroatoms. The number of hydrogen-bond acceptors (Lipinski definition) is 3. The molecular weight excluding hydrogens is 188 g/mol. The van der Waals surface area contributed by atoms with Crippen LogP contribution < -0.4 is 10.6 Å². The molecule has 0 saturated carbocycles. The molecule has 2 N–H and O–H groups in total. The SMILES string of the molecule is CC1(C)COC(C)(CC2CCCCN2)N1. The highest BCUT2D eigenvalue weighted by Gasteiger charge is 2.41. The summed E-state index contributed by atoms with van der Waals surface area (Å²) in [6, 6.07) is 0.630. The number of piperidine rings is 1. The Morgan fingerprint density at radius 2 is 2.07 bits per heavy atom. The van der Waals surface area contributed by atoms with Gasteiger partial charge in [0.1, 0.15) is 5.72 Å². The van der Waals surface area contributed by atoms with E-state index in [0.29, 0.717) is 6.04 Å². The molecule has 0 aromatic heterocycles. The Bertz CT molecular complexity index is 224. The van der Waals surface area contributed by atoms with Gasteiger partial charge in [0.15, 0.2) is 0 Å². The molecule has 2 saturated heterocycles. The molecule has 2 rings (SSSR count). The van der Waals surface area contributed by atoms with Gasteiger partial charge in [-0.1, -0.05) is 6.42 Å². The predicted octanol–water partition coefficient (Wildman–Crippen LogP) is 1.63. The first kappa shape index (κ1) is 11.4. The molecule has 88 valence electrons. The lowest BCUT2D eigenvalue weighted by atomic mass is 9.96. The molecule has 2 unspecified atom stereocenters. The summed E-state index contributed by atoms with van der Waals surface area (Å²) >= 11 is 0. The van der Waals surface area contributed by atoms with E-state index in [2.05, 4.69) is 31.4 Å². The van der Waals surface area contributed by atoms with E-state index in [-0.39, 0.29) is 11.3 Å². The maximum atomic E-state index is 5.91. The molecule has 0 amide bonds. The maximum absolute atomic E-state index is 5.91. The molecule has 0 radical (unpaired) electrons. The molecular formula is C12H24N2O. The predicted molar refractivity (Wildman–Crippen MR) is 61.8 cm³/mol. The van der Waals surface area contributed by atoms with Gasteiger partial charge in [-0.05, 0) is 40.2 Å². The molecule has 15 heavy (non-hydrogen) atoms. The van der Waals surface area contributed by atoms with Crippen molar-refractivity contribution >= 4 is 0 Å². The van der Waals surface area contributed by atoms with E-state index in [1.807, 2.05) is 0 Å². The molecule has 0 aromatic rings. The van der Waals surface area contributed by atoms with Gasteiger partial charge in [-0.25, -0.2) is 0 Å². The maximum Gasteiger partial charge on any atom is 0.118 e. The molecule has 2 aliphatic heterocycles. The van der Waals surface area contributed by atoms with Crippen molar-refractivity contribution in [2.24, 2.45) is 0 Å². The average molecular weight is 212 g/mol. The van der Waals surface area contributed by atoms with Gasteiger partial charge in [0.05, 0.1) is 6.61 Å². The van der Waals surface area contributed by atoms with Crippen LogP contribution in [-0.4, -0.2) is 30.5 Å². The first-order valence-electron chi connectivity index (χ1n) is 6.16. The molecule has 2 atom stereocenters. The number of rotatable bonds is 2. The van der Waals surface area contributed by atoms with Crippen LogP contribution >= 0.6 is 0 Å². The lowest BCUT2D eigenvalue weighted by Gasteiger charge is -2.33. The highest BCUT2D eigenvalue weighted by atomic mass is 16.5. The topological polar surface area (TPSA) is 33.3 Å². The van der Waals surface area contributed by atoms with Crippen LogP contribution in [0.25, 0.3) is 0 Å². The standard InChI is InChI=1S/C12H24N2O/c1-11(2)9-15-12(3,14-11)8-10-6-4-5-7-13-10/h10,13-14H,4-9H2,1-3H3. The van der Waals surface area contributed by atoms with Gasteiger partial charge >= 0.3 is 0 Å². The second-order valence-corrected chi connectivity index (χ2v) is 5.88. The van der Waals surface area contributed by atoms with Crippen molar-refractivity contribution in [3.05, 3.63) is 0 Å². The fourth-order valence-electron chi connectivity index (χ4n) is 2.81. The summed E-state index contributed by atoms with van der Waals surface area (Å²) in [5.41, 5.74) is 0.00191. The fourth-order valence-corrected chi connectivity index (χ4v) is 2.81. The molecule has 3 nitrogen and oxygen atoms in total. The summed E-state index contributed by atoms with van der Waals surface area (Å²) in [4.78, 5) is 0. The van der Waals surface area contributed by atoms with Crippen LogP contribution in [0.3, 0.4) is 0 Å². The average Bonchev–Trinajstić information content (AvgIpc) is 2.42. The summed E-state index contributed by atoms with van der Waals surface area (Å²) < 4.78 is 5.91. The lowest BCUT2D eigenvalue weighted by molar-refractivity contribution is -0.0106. The minimum atomic E-state index is -0.126. The normalized spacial score (nSPS) is 40.6. The van der Waals surface area contributed by atoms with Crippen molar-refractivity contribution in [1.29, 1.82) is 0 Å². The zero-order valence-electron chi connectivity index (χ0n) is 10.2. The Balaban J connectivity index is 1.88. The van der Waals surface area contributed by atoms with E-state index in [4.69, 9.17) is 4.74 Å². The molecule has 0 bridgehead atoms. The zero-order chi connectivity index (χ0) is 10.9. The molecule has 0 spiro atoms. The summed E-state index contributed by atoms with van der Waals surface area (Å²) in [7, 11) is 0. The summed E-state index contributed by atoms with van der Waals surface area (Å²) in [5.74, 6) is 0. The van der Waals surface area contributed by atoms with Crippen LogP contribution in [-0.2, 0) is 4.74 Å². The van der Waals surface area contributed by atoms with Gasteiger partial charge in [0.25, 0.3) is 0 Å². The van der Waals surface area contributed by atoms with Gasteiger partial charge in [-0.15, -0.1) is 0 Å². The molecule has 2 heterocycles. The van der Waals surface area contributed by atoms with Crippen molar-refractivity contribution in [3.8, 4) is 0 Å². The van der Waals surface area contributed by atoms with Crippen molar-refractivity contribution in [2.45, 2.75) is 63.8 Å². The summed E-state index contributed by atoms with van der Waals surface area (Å²) in [6.07, 6.45) is 5.06. The van der Waals surface area contributed by atoms with Crippen LogP contribution in [0.15, 0.2) is 0 Å². The van der Waals surface area contributed by atoms with Crippen molar-refractivity contribution in [3.63, 3.8) is 0 Å². The third-order valence-corrected chi connectivity index (χ3v) is 3.40. The quantitative estimate of drug-likeness (QED) is 0.730. The zero-order valence-corrected chi connectivity index (χ0v) is 10.2. The largest absolute Gasteiger partial charge is 0.359 e. The Morgan fingerprint density at radius 1 is 1.27 bits per heavy atom. The highest BCUT2D eigenvalue weighted by molar-refractivity contribution is 4.94. The minimum Gasteiger partial charge on any atom is -0.359 e. The Kier molecular flexibility index (Phi) is 3.06. The summed E-state index contributed by atoms with van der Waals surface area (Å²) in [5, 5.41) is 7.17. The monoisotopic (exact) mass is 212 g/mol. The van der Waals surface area contributed by atoms with Crippen molar-refractivity contribution in [1.82, 2.24) is 10.6 Å². The van der Waals surface area contributed by atoms with E-state index in [9.17, 15) is 0 Å². The van der Waals surface area contributed by atoms with Gasteiger partial charge < -0.3 is 10.1 Å². The van der Waals surface area contributed by atoms with E-state index in [0.717, 1.165) is 13.0 Å². The second kappa shape index (κ2) is 4.04. The summed E-state index contributed by atoms with van der Waals surface area (Å²) in [6.45, 7) is 8.57. The van der Waals surface area contributed by atoms with Crippen LogP contribution in [0.2, 0.25) is 0 Å². The van der Waals surface area contributed by atoms with Gasteiger partial charge in [-0.3, -0.25) is 5.32 Å². The smallest absolute Gasteiger partial charge is 0.118 e. The van der Waals surface area contributed by atoms with E-state index in [1.54, 1.807) is 0 Å². The second-order valence-electron chi connectivity index (χ2n) is 5.88. The molecule has 0 aliphatic carbocycles. The third kappa shape index (κ3) is 2.92. The first-order chi connectivity index (χ1) is 6.99. The van der Waals surface area contributed by atoms with Crippen LogP contribution in [0, 0.1) is 0 Å². The minimum absolute atomic E-state index is 0.126. The van der Waals surface area contributed by atoms with Gasteiger partial charge in [0, 0.05) is 18.0 Å². The Morgan fingerprint density at radius 3 is 2.60 bits per heavy atom. The number of ether oxygens (including phenoxy) is 1. The molecule has 0 aromatic carbocycles. The van der Waals surface area contributed by atoms with Crippen LogP contribution in [0.5, 0.6) is 0 Å². The van der Waals surface area contributed by atoms with Gasteiger partial charge in [-0.2, -0.15) is 0 Å². The Labute approximate surface area is 93.0 Å². The van der Waals surface area contributed by atoms with Crippen molar-refractivity contribution < 1.29 is 4.74 Å². The third-order valence-electron chi connectivity index (χ3n) is 3.40. The molecule has 2 aliphatic rings. The van der Waals surface area contributed by atoms with E-state index < -0.39 is 0 Å². The van der Waals surface area contributed by atoms with Crippen LogP contribution in [0.4, 0.5) is 0 Å². The number of nitrogens with one attached hydrogen (secondary N) is 2. The van der Waals surface area contributed by atoms with Gasteiger partial charge in [0.2, 0.25) is 0 Å².